The van der Waals surface area contributed by atoms with E-state index in [9.17, 15) is 4.79 Å². The van der Waals surface area contributed by atoms with E-state index in [1.54, 1.807) is 6.92 Å². The number of carbonyl (C=O) groups is 1. The maximum atomic E-state index is 11.7. The van der Waals surface area contributed by atoms with Gasteiger partial charge in [-0.25, -0.2) is 4.99 Å². The van der Waals surface area contributed by atoms with Crippen LogP contribution in [0.5, 0.6) is 0 Å². The van der Waals surface area contributed by atoms with Gasteiger partial charge in [-0.15, -0.1) is 0 Å². The normalized spacial score (nSPS) is 18.5. The van der Waals surface area contributed by atoms with Crippen molar-refractivity contribution in [1.82, 2.24) is 0 Å². The van der Waals surface area contributed by atoms with E-state index in [0.717, 1.165) is 11.9 Å². The number of nitrogens with zero attached hydrogens (tertiary/aromatic N) is 2. The molecule has 1 aliphatic heterocycles. The predicted molar refractivity (Wildman–Crippen MR) is 57.7 cm³/mol. The van der Waals surface area contributed by atoms with Gasteiger partial charge in [0.2, 0.25) is 0 Å². The third-order valence-electron chi connectivity index (χ3n) is 2.16. The summed E-state index contributed by atoms with van der Waals surface area (Å²) >= 11 is 0. The van der Waals surface area contributed by atoms with E-state index in [-0.39, 0.29) is 11.6 Å². The highest BCUT2D eigenvalue weighted by Crippen LogP contribution is 2.22. The first-order chi connectivity index (χ1) is 7.24. The Morgan fingerprint density at radius 1 is 1.33 bits per heavy atom. The number of amidine groups is 1. The summed E-state index contributed by atoms with van der Waals surface area (Å²) < 4.78 is 0. The molecule has 1 aliphatic rings. The van der Waals surface area contributed by atoms with Crippen molar-refractivity contribution in [3.63, 3.8) is 0 Å². The van der Waals surface area contributed by atoms with Crippen LogP contribution in [-0.4, -0.2) is 16.8 Å². The van der Waals surface area contributed by atoms with Crippen molar-refractivity contribution >= 4 is 17.4 Å². The minimum absolute atomic E-state index is 0.0661. The lowest BCUT2D eigenvalue weighted by atomic mass is 10.3. The standard InChI is InChI=1S/C11H10N2O2/c1-8-12-10(7-14)11(15)13(8)9-5-3-2-4-6-9/h2-7,14H,1H3/b10-7-. The molecule has 1 aromatic carbocycles. The first-order valence-electron chi connectivity index (χ1n) is 4.53. The van der Waals surface area contributed by atoms with E-state index in [1.807, 2.05) is 30.3 Å². The van der Waals surface area contributed by atoms with Crippen LogP contribution in [0.3, 0.4) is 0 Å². The molecule has 0 saturated carbocycles. The summed E-state index contributed by atoms with van der Waals surface area (Å²) in [5.41, 5.74) is 0.817. The summed E-state index contributed by atoms with van der Waals surface area (Å²) in [7, 11) is 0. The van der Waals surface area contributed by atoms with Crippen molar-refractivity contribution in [2.45, 2.75) is 6.92 Å². The van der Waals surface area contributed by atoms with E-state index in [1.165, 1.54) is 4.90 Å². The summed E-state index contributed by atoms with van der Waals surface area (Å²) in [5.74, 6) is 0.257. The first kappa shape index (κ1) is 9.45. The van der Waals surface area contributed by atoms with Gasteiger partial charge in [-0.05, 0) is 19.1 Å². The van der Waals surface area contributed by atoms with Crippen molar-refractivity contribution in [3.8, 4) is 0 Å². The second kappa shape index (κ2) is 3.57. The van der Waals surface area contributed by atoms with Crippen LogP contribution < -0.4 is 4.90 Å². The fourth-order valence-corrected chi connectivity index (χ4v) is 1.50. The van der Waals surface area contributed by atoms with Crippen LogP contribution in [0.4, 0.5) is 5.69 Å². The zero-order valence-corrected chi connectivity index (χ0v) is 8.21. The maximum absolute atomic E-state index is 11.7. The molecule has 15 heavy (non-hydrogen) atoms. The van der Waals surface area contributed by atoms with Gasteiger partial charge in [0.1, 0.15) is 12.1 Å². The predicted octanol–water partition coefficient (Wildman–Crippen LogP) is 1.85. The highest BCUT2D eigenvalue weighted by Gasteiger charge is 2.28. The summed E-state index contributed by atoms with van der Waals surface area (Å²) in [6.07, 6.45) is 0.731. The lowest BCUT2D eigenvalue weighted by Crippen LogP contribution is -2.30. The van der Waals surface area contributed by atoms with Crippen molar-refractivity contribution in [2.75, 3.05) is 4.90 Å². The van der Waals surface area contributed by atoms with Crippen LogP contribution in [-0.2, 0) is 4.79 Å². The second-order valence-electron chi connectivity index (χ2n) is 3.15. The topological polar surface area (TPSA) is 52.9 Å². The summed E-state index contributed by atoms with van der Waals surface area (Å²) in [6, 6.07) is 9.20. The lowest BCUT2D eigenvalue weighted by molar-refractivity contribution is -0.114. The van der Waals surface area contributed by atoms with E-state index in [2.05, 4.69) is 4.99 Å². The number of hydrogen-bond donors (Lipinski definition) is 1. The summed E-state index contributed by atoms with van der Waals surface area (Å²) in [5, 5.41) is 8.80. The molecule has 1 aromatic rings. The number of para-hydroxylation sites is 1. The number of benzene rings is 1. The largest absolute Gasteiger partial charge is 0.513 e. The van der Waals surface area contributed by atoms with Crippen LogP contribution in [0.15, 0.2) is 47.3 Å². The number of carbonyl (C=O) groups excluding carboxylic acids is 1. The van der Waals surface area contributed by atoms with Gasteiger partial charge in [0.25, 0.3) is 5.91 Å². The van der Waals surface area contributed by atoms with Gasteiger partial charge < -0.3 is 5.11 Å². The Bertz CT molecular complexity index is 447. The van der Waals surface area contributed by atoms with E-state index in [4.69, 9.17) is 5.11 Å². The lowest BCUT2D eigenvalue weighted by Gasteiger charge is -2.15. The second-order valence-corrected chi connectivity index (χ2v) is 3.15. The quantitative estimate of drug-likeness (QED) is 0.558. The Kier molecular flexibility index (Phi) is 2.25. The molecule has 0 radical (unpaired) electrons. The van der Waals surface area contributed by atoms with E-state index in [0.29, 0.717) is 5.84 Å². The number of aliphatic imine (C=N–C) groups is 1. The van der Waals surface area contributed by atoms with Crippen molar-refractivity contribution in [2.24, 2.45) is 4.99 Å². The fourth-order valence-electron chi connectivity index (χ4n) is 1.50. The Balaban J connectivity index is 2.42. The number of anilines is 1. The third-order valence-corrected chi connectivity index (χ3v) is 2.16. The Morgan fingerprint density at radius 3 is 2.53 bits per heavy atom. The van der Waals surface area contributed by atoms with Crippen LogP contribution in [0.25, 0.3) is 0 Å². The molecule has 0 aliphatic carbocycles. The average Bonchev–Trinajstić information content (AvgIpc) is 2.55. The molecule has 0 unspecified atom stereocenters. The molecule has 0 fully saturated rings. The molecule has 1 amide bonds. The molecule has 2 rings (SSSR count). The molecule has 0 aromatic heterocycles. The molecule has 0 bridgehead atoms. The highest BCUT2D eigenvalue weighted by atomic mass is 16.2. The smallest absolute Gasteiger partial charge is 0.285 e. The van der Waals surface area contributed by atoms with Crippen LogP contribution in [0.1, 0.15) is 6.92 Å². The Morgan fingerprint density at radius 2 is 2.00 bits per heavy atom. The molecule has 76 valence electrons. The fraction of sp³-hybridized carbons (Fsp3) is 0.0909. The van der Waals surface area contributed by atoms with Gasteiger partial charge >= 0.3 is 0 Å². The average molecular weight is 202 g/mol. The molecule has 1 N–H and O–H groups in total. The number of rotatable bonds is 1. The number of amides is 1. The van der Waals surface area contributed by atoms with Crippen molar-refractivity contribution in [3.05, 3.63) is 42.3 Å². The van der Waals surface area contributed by atoms with Crippen LogP contribution >= 0.6 is 0 Å². The van der Waals surface area contributed by atoms with Crippen molar-refractivity contribution < 1.29 is 9.90 Å². The molecule has 4 heteroatoms. The van der Waals surface area contributed by atoms with Crippen molar-refractivity contribution in [1.29, 1.82) is 0 Å². The third kappa shape index (κ3) is 1.50. The maximum Gasteiger partial charge on any atom is 0.285 e. The zero-order chi connectivity index (χ0) is 10.8. The van der Waals surface area contributed by atoms with Gasteiger partial charge in [0.05, 0.1) is 5.69 Å². The van der Waals surface area contributed by atoms with Gasteiger partial charge in [-0.1, -0.05) is 18.2 Å². The Labute approximate surface area is 87.2 Å². The number of aliphatic hydroxyl groups excluding tert-OH is 1. The molecular formula is C11H10N2O2. The van der Waals surface area contributed by atoms with Crippen LogP contribution in [0.2, 0.25) is 0 Å². The molecular weight excluding hydrogens is 192 g/mol. The molecule has 1 heterocycles. The minimum atomic E-state index is -0.304. The van der Waals surface area contributed by atoms with Crippen LogP contribution in [0, 0.1) is 0 Å². The summed E-state index contributed by atoms with van der Waals surface area (Å²) in [6.45, 7) is 1.72. The minimum Gasteiger partial charge on any atom is -0.513 e. The number of hydrogen-bond acceptors (Lipinski definition) is 3. The van der Waals surface area contributed by atoms with E-state index >= 15 is 0 Å². The molecule has 0 saturated heterocycles. The monoisotopic (exact) mass is 202 g/mol. The van der Waals surface area contributed by atoms with Gasteiger partial charge in [0, 0.05) is 0 Å². The van der Waals surface area contributed by atoms with E-state index < -0.39 is 0 Å². The number of aliphatic hydroxyl groups is 1. The first-order valence-corrected chi connectivity index (χ1v) is 4.53. The molecule has 0 spiro atoms. The SMILES string of the molecule is CC1=N/C(=C\O)C(=O)N1c1ccccc1. The molecule has 0 atom stereocenters. The summed E-state index contributed by atoms with van der Waals surface area (Å²) in [4.78, 5) is 17.1. The molecule has 4 nitrogen and oxygen atoms in total. The van der Waals surface area contributed by atoms with Gasteiger partial charge in [0.15, 0.2) is 5.70 Å². The highest BCUT2D eigenvalue weighted by molar-refractivity contribution is 6.26. The van der Waals surface area contributed by atoms with Gasteiger partial charge in [-0.2, -0.15) is 0 Å². The zero-order valence-electron chi connectivity index (χ0n) is 8.21. The van der Waals surface area contributed by atoms with Gasteiger partial charge in [-0.3, -0.25) is 9.69 Å². The Hall–Kier alpha value is -2.10.